The minimum atomic E-state index is 0.461. The van der Waals surface area contributed by atoms with Crippen molar-refractivity contribution in [1.29, 1.82) is 0 Å². The molecule has 0 aromatic heterocycles. The Labute approximate surface area is 92.0 Å². The van der Waals surface area contributed by atoms with Crippen LogP contribution in [-0.2, 0) is 0 Å². The molecule has 0 spiro atoms. The minimum Gasteiger partial charge on any atom is -0.360 e. The average molecular weight is 212 g/mol. The van der Waals surface area contributed by atoms with Crippen LogP contribution in [0.5, 0.6) is 0 Å². The SMILES string of the molecule is CC(C)NC(=S)N1CCC(C2CC2)C1. The molecule has 0 amide bonds. The molecule has 1 N–H and O–H groups in total. The van der Waals surface area contributed by atoms with E-state index in [4.69, 9.17) is 12.2 Å². The van der Waals surface area contributed by atoms with Gasteiger partial charge in [0.25, 0.3) is 0 Å². The van der Waals surface area contributed by atoms with E-state index in [0.717, 1.165) is 16.9 Å². The van der Waals surface area contributed by atoms with Crippen molar-refractivity contribution in [2.75, 3.05) is 13.1 Å². The summed E-state index contributed by atoms with van der Waals surface area (Å²) >= 11 is 5.36. The van der Waals surface area contributed by atoms with E-state index in [1.54, 1.807) is 0 Å². The van der Waals surface area contributed by atoms with Crippen molar-refractivity contribution in [3.05, 3.63) is 0 Å². The van der Waals surface area contributed by atoms with Gasteiger partial charge < -0.3 is 10.2 Å². The smallest absolute Gasteiger partial charge is 0.169 e. The van der Waals surface area contributed by atoms with Crippen LogP contribution in [-0.4, -0.2) is 29.1 Å². The largest absolute Gasteiger partial charge is 0.360 e. The molecule has 80 valence electrons. The molecular formula is C11H20N2S. The summed E-state index contributed by atoms with van der Waals surface area (Å²) in [4.78, 5) is 2.35. The Balaban J connectivity index is 1.79. The van der Waals surface area contributed by atoms with Crippen LogP contribution >= 0.6 is 12.2 Å². The fraction of sp³-hybridized carbons (Fsp3) is 0.909. The van der Waals surface area contributed by atoms with Crippen molar-refractivity contribution in [1.82, 2.24) is 10.2 Å². The van der Waals surface area contributed by atoms with E-state index in [0.29, 0.717) is 6.04 Å². The average Bonchev–Trinajstić information content (AvgIpc) is 2.82. The maximum atomic E-state index is 5.36. The van der Waals surface area contributed by atoms with E-state index in [1.807, 2.05) is 0 Å². The number of nitrogens with zero attached hydrogens (tertiary/aromatic N) is 1. The van der Waals surface area contributed by atoms with Crippen LogP contribution < -0.4 is 5.32 Å². The van der Waals surface area contributed by atoms with E-state index >= 15 is 0 Å². The molecule has 2 rings (SSSR count). The van der Waals surface area contributed by atoms with Gasteiger partial charge in [-0.3, -0.25) is 0 Å². The molecule has 1 unspecified atom stereocenters. The molecule has 1 aliphatic heterocycles. The molecule has 0 aromatic carbocycles. The highest BCUT2D eigenvalue weighted by Crippen LogP contribution is 2.41. The number of thiocarbonyl (C=S) groups is 1. The van der Waals surface area contributed by atoms with Crippen molar-refractivity contribution >= 4 is 17.3 Å². The standard InChI is InChI=1S/C11H20N2S/c1-8(2)12-11(14)13-6-5-10(7-13)9-3-4-9/h8-10H,3-7H2,1-2H3,(H,12,14). The van der Waals surface area contributed by atoms with E-state index in [1.165, 1.54) is 32.4 Å². The summed E-state index contributed by atoms with van der Waals surface area (Å²) in [6.45, 7) is 6.64. The number of rotatable bonds is 2. The van der Waals surface area contributed by atoms with E-state index in [-0.39, 0.29) is 0 Å². The topological polar surface area (TPSA) is 15.3 Å². The molecule has 2 aliphatic rings. The van der Waals surface area contributed by atoms with E-state index < -0.39 is 0 Å². The van der Waals surface area contributed by atoms with Crippen LogP contribution in [0.15, 0.2) is 0 Å². The third-order valence-electron chi connectivity index (χ3n) is 3.21. The number of nitrogens with one attached hydrogen (secondary N) is 1. The lowest BCUT2D eigenvalue weighted by Crippen LogP contribution is -2.41. The maximum absolute atomic E-state index is 5.36. The molecule has 3 heteroatoms. The van der Waals surface area contributed by atoms with E-state index in [2.05, 4.69) is 24.1 Å². The Morgan fingerprint density at radius 3 is 2.57 bits per heavy atom. The zero-order chi connectivity index (χ0) is 10.1. The number of hydrogen-bond acceptors (Lipinski definition) is 1. The Kier molecular flexibility index (Phi) is 2.96. The molecule has 2 fully saturated rings. The lowest BCUT2D eigenvalue weighted by molar-refractivity contribution is 0.439. The van der Waals surface area contributed by atoms with Gasteiger partial charge in [0.2, 0.25) is 0 Å². The summed E-state index contributed by atoms with van der Waals surface area (Å²) in [6, 6.07) is 0.461. The first-order valence-electron chi connectivity index (χ1n) is 5.72. The predicted molar refractivity (Wildman–Crippen MR) is 63.3 cm³/mol. The van der Waals surface area contributed by atoms with E-state index in [9.17, 15) is 0 Å². The van der Waals surface area contributed by atoms with Crippen LogP contribution in [0.4, 0.5) is 0 Å². The summed E-state index contributed by atoms with van der Waals surface area (Å²) in [6.07, 6.45) is 4.27. The molecule has 2 nitrogen and oxygen atoms in total. The van der Waals surface area contributed by atoms with Crippen molar-refractivity contribution in [3.8, 4) is 0 Å². The Hall–Kier alpha value is -0.310. The van der Waals surface area contributed by atoms with Gasteiger partial charge in [0.15, 0.2) is 5.11 Å². The highest BCUT2D eigenvalue weighted by atomic mass is 32.1. The summed E-state index contributed by atoms with van der Waals surface area (Å²) in [7, 11) is 0. The first-order valence-corrected chi connectivity index (χ1v) is 6.13. The number of hydrogen-bond donors (Lipinski definition) is 1. The van der Waals surface area contributed by atoms with Crippen LogP contribution in [0.1, 0.15) is 33.1 Å². The van der Waals surface area contributed by atoms with Gasteiger partial charge in [-0.05, 0) is 57.2 Å². The third kappa shape index (κ3) is 2.38. The normalized spacial score (nSPS) is 27.1. The summed E-state index contributed by atoms with van der Waals surface area (Å²) in [5.41, 5.74) is 0. The van der Waals surface area contributed by atoms with Gasteiger partial charge in [-0.15, -0.1) is 0 Å². The van der Waals surface area contributed by atoms with Gasteiger partial charge in [0, 0.05) is 19.1 Å². The second-order valence-electron chi connectivity index (χ2n) is 4.94. The molecule has 1 aliphatic carbocycles. The molecular weight excluding hydrogens is 192 g/mol. The molecule has 0 radical (unpaired) electrons. The Morgan fingerprint density at radius 2 is 2.00 bits per heavy atom. The molecule has 1 saturated carbocycles. The van der Waals surface area contributed by atoms with Gasteiger partial charge in [-0.25, -0.2) is 0 Å². The monoisotopic (exact) mass is 212 g/mol. The minimum absolute atomic E-state index is 0.461. The zero-order valence-corrected chi connectivity index (χ0v) is 9.94. The summed E-state index contributed by atoms with van der Waals surface area (Å²) in [5, 5.41) is 4.28. The van der Waals surface area contributed by atoms with Gasteiger partial charge in [0.05, 0.1) is 0 Å². The number of likely N-dealkylation sites (tertiary alicyclic amines) is 1. The zero-order valence-electron chi connectivity index (χ0n) is 9.12. The van der Waals surface area contributed by atoms with Gasteiger partial charge in [0.1, 0.15) is 0 Å². The predicted octanol–water partition coefficient (Wildman–Crippen LogP) is 2.00. The Morgan fingerprint density at radius 1 is 1.29 bits per heavy atom. The highest BCUT2D eigenvalue weighted by molar-refractivity contribution is 7.80. The van der Waals surface area contributed by atoms with Crippen molar-refractivity contribution in [3.63, 3.8) is 0 Å². The van der Waals surface area contributed by atoms with Crippen LogP contribution in [0, 0.1) is 11.8 Å². The molecule has 1 atom stereocenters. The summed E-state index contributed by atoms with van der Waals surface area (Å²) in [5.74, 6) is 1.96. The van der Waals surface area contributed by atoms with Crippen molar-refractivity contribution < 1.29 is 0 Å². The van der Waals surface area contributed by atoms with Crippen molar-refractivity contribution in [2.45, 2.75) is 39.2 Å². The highest BCUT2D eigenvalue weighted by Gasteiger charge is 2.36. The molecule has 14 heavy (non-hydrogen) atoms. The third-order valence-corrected chi connectivity index (χ3v) is 3.59. The van der Waals surface area contributed by atoms with Gasteiger partial charge in [-0.1, -0.05) is 0 Å². The summed E-state index contributed by atoms with van der Waals surface area (Å²) < 4.78 is 0. The lowest BCUT2D eigenvalue weighted by Gasteiger charge is -2.22. The quantitative estimate of drug-likeness (QED) is 0.705. The van der Waals surface area contributed by atoms with Gasteiger partial charge >= 0.3 is 0 Å². The fourth-order valence-electron chi connectivity index (χ4n) is 2.26. The molecule has 1 saturated heterocycles. The van der Waals surface area contributed by atoms with Crippen molar-refractivity contribution in [2.24, 2.45) is 11.8 Å². The second kappa shape index (κ2) is 4.05. The van der Waals surface area contributed by atoms with Gasteiger partial charge in [-0.2, -0.15) is 0 Å². The molecule has 1 heterocycles. The van der Waals surface area contributed by atoms with Crippen LogP contribution in [0.2, 0.25) is 0 Å². The molecule has 0 bridgehead atoms. The first kappa shape index (κ1) is 10.2. The fourth-order valence-corrected chi connectivity index (χ4v) is 2.66. The Bertz CT molecular complexity index is 223. The molecule has 0 aromatic rings. The van der Waals surface area contributed by atoms with Crippen LogP contribution in [0.25, 0.3) is 0 Å². The second-order valence-corrected chi connectivity index (χ2v) is 5.32. The maximum Gasteiger partial charge on any atom is 0.169 e. The van der Waals surface area contributed by atoms with Crippen LogP contribution in [0.3, 0.4) is 0 Å². The lowest BCUT2D eigenvalue weighted by atomic mass is 10.0. The first-order chi connectivity index (χ1) is 6.66.